The standard InChI is InChI=1S/C36H43N7O/c1-38-19-30(39-21-32-26-11-14-29(17-26)43(32)35(44)36(37)15-16-36)24-7-3-22(4-8-24)23-5-9-25(10-6-23)31-20-40-34(41-31)33-27-12-13-28(18-27)42(33)2/h3-10,19-20,26-29,32-33,39H,1,11-18,21,37H2,2H3,(H,40,41)/b30-19-. The van der Waals surface area contributed by atoms with Crippen LogP contribution in [-0.2, 0) is 4.79 Å². The van der Waals surface area contributed by atoms with Crippen molar-refractivity contribution in [2.75, 3.05) is 13.6 Å². The Bertz CT molecular complexity index is 1590. The summed E-state index contributed by atoms with van der Waals surface area (Å²) in [5.74, 6) is 2.52. The average Bonchev–Trinajstić information content (AvgIpc) is 3.65. The van der Waals surface area contributed by atoms with Gasteiger partial charge in [-0.2, -0.15) is 0 Å². The zero-order chi connectivity index (χ0) is 30.0. The first-order valence-corrected chi connectivity index (χ1v) is 16.4. The number of hydrogen-bond donors (Lipinski definition) is 3. The van der Waals surface area contributed by atoms with Crippen LogP contribution in [0.1, 0.15) is 68.8 Å². The molecule has 8 rings (SSSR count). The first kappa shape index (κ1) is 27.8. The van der Waals surface area contributed by atoms with E-state index in [0.29, 0.717) is 30.6 Å². The number of nitrogens with two attached hydrogens (primary N) is 1. The number of nitrogens with zero attached hydrogens (tertiary/aromatic N) is 4. The van der Waals surface area contributed by atoms with Crippen LogP contribution in [0.5, 0.6) is 0 Å². The van der Waals surface area contributed by atoms with E-state index in [2.05, 4.69) is 87.4 Å². The van der Waals surface area contributed by atoms with E-state index in [0.717, 1.165) is 65.5 Å². The molecule has 6 unspecified atom stereocenters. The predicted molar refractivity (Wildman–Crippen MR) is 175 cm³/mol. The van der Waals surface area contributed by atoms with E-state index in [1.54, 1.807) is 6.20 Å². The third-order valence-electron chi connectivity index (χ3n) is 11.4. The van der Waals surface area contributed by atoms with Gasteiger partial charge in [0.1, 0.15) is 5.82 Å². The first-order valence-electron chi connectivity index (χ1n) is 16.4. The molecule has 6 atom stereocenters. The van der Waals surface area contributed by atoms with Crippen molar-refractivity contribution in [2.45, 2.75) is 81.1 Å². The molecule has 44 heavy (non-hydrogen) atoms. The minimum absolute atomic E-state index is 0.153. The van der Waals surface area contributed by atoms with Gasteiger partial charge in [-0.05, 0) is 99.2 Å². The van der Waals surface area contributed by atoms with Crippen molar-refractivity contribution in [1.82, 2.24) is 25.1 Å². The molecule has 0 spiro atoms. The number of carbonyl (C=O) groups excluding carboxylic acids is 1. The van der Waals surface area contributed by atoms with Gasteiger partial charge in [0.25, 0.3) is 0 Å². The smallest absolute Gasteiger partial charge is 0.243 e. The van der Waals surface area contributed by atoms with Crippen molar-refractivity contribution in [1.29, 1.82) is 0 Å². The molecule has 1 amide bonds. The van der Waals surface area contributed by atoms with Crippen LogP contribution in [0, 0.1) is 11.8 Å². The Morgan fingerprint density at radius 3 is 2.36 bits per heavy atom. The Hall–Kier alpha value is -3.75. The minimum atomic E-state index is -0.619. The van der Waals surface area contributed by atoms with Crippen LogP contribution in [0.3, 0.4) is 0 Å². The molecule has 2 aliphatic heterocycles. The van der Waals surface area contributed by atoms with E-state index in [9.17, 15) is 4.79 Å². The highest BCUT2D eigenvalue weighted by Gasteiger charge is 2.56. The third kappa shape index (κ3) is 4.70. The molecule has 3 aliphatic carbocycles. The van der Waals surface area contributed by atoms with Gasteiger partial charge in [0.05, 0.1) is 35.2 Å². The number of amides is 1. The summed E-state index contributed by atoms with van der Waals surface area (Å²) in [6, 6.07) is 18.9. The lowest BCUT2D eigenvalue weighted by atomic mass is 9.97. The van der Waals surface area contributed by atoms with E-state index in [1.807, 2.05) is 6.20 Å². The van der Waals surface area contributed by atoms with Crippen LogP contribution < -0.4 is 11.1 Å². The number of carbonyl (C=O) groups is 1. The van der Waals surface area contributed by atoms with E-state index >= 15 is 0 Å². The molecule has 8 nitrogen and oxygen atoms in total. The van der Waals surface area contributed by atoms with Crippen molar-refractivity contribution in [3.63, 3.8) is 0 Å². The highest BCUT2D eigenvalue weighted by molar-refractivity contribution is 5.90. The summed E-state index contributed by atoms with van der Waals surface area (Å²) in [7, 11) is 2.25. The molecule has 8 heteroatoms. The number of rotatable bonds is 9. The van der Waals surface area contributed by atoms with Gasteiger partial charge in [0.2, 0.25) is 5.91 Å². The highest BCUT2D eigenvalue weighted by atomic mass is 16.2. The predicted octanol–water partition coefficient (Wildman–Crippen LogP) is 5.36. The molecule has 3 aromatic rings. The largest absolute Gasteiger partial charge is 0.381 e. The molecule has 0 radical (unpaired) electrons. The zero-order valence-electron chi connectivity index (χ0n) is 25.6. The molecular weight excluding hydrogens is 546 g/mol. The van der Waals surface area contributed by atoms with Crippen LogP contribution >= 0.6 is 0 Å². The zero-order valence-corrected chi connectivity index (χ0v) is 25.6. The highest BCUT2D eigenvalue weighted by Crippen LogP contribution is 2.49. The number of H-pyrrole nitrogens is 1. The lowest BCUT2D eigenvalue weighted by molar-refractivity contribution is -0.137. The SMILES string of the molecule is C=N/C=C(\NCC1C2CCC(C2)N1C(=O)C1(N)CC1)c1ccc(-c2ccc(-c3cnc(C4C5CCC(C5)N4C)[nH]3)cc2)cc1. The monoisotopic (exact) mass is 589 g/mol. The van der Waals surface area contributed by atoms with Crippen LogP contribution in [0.15, 0.2) is 65.9 Å². The summed E-state index contributed by atoms with van der Waals surface area (Å²) < 4.78 is 0. The second-order valence-electron chi connectivity index (χ2n) is 13.9. The summed E-state index contributed by atoms with van der Waals surface area (Å²) in [5.41, 5.74) is 12.2. The maximum absolute atomic E-state index is 13.3. The van der Waals surface area contributed by atoms with E-state index in [1.165, 1.54) is 31.2 Å². The number of aliphatic imine (C=N–C) groups is 1. The normalized spacial score (nSPS) is 30.2. The summed E-state index contributed by atoms with van der Waals surface area (Å²) in [6.07, 6.45) is 12.7. The quantitative estimate of drug-likeness (QED) is 0.292. The molecular formula is C36H43N7O. The van der Waals surface area contributed by atoms with Gasteiger partial charge in [-0.25, -0.2) is 4.98 Å². The summed E-state index contributed by atoms with van der Waals surface area (Å²) >= 11 is 0. The molecule has 2 aromatic carbocycles. The Morgan fingerprint density at radius 2 is 1.68 bits per heavy atom. The number of aromatic amines is 1. The molecule has 228 valence electrons. The van der Waals surface area contributed by atoms with Crippen LogP contribution in [-0.4, -0.2) is 69.6 Å². The maximum Gasteiger partial charge on any atom is 0.243 e. The number of imidazole rings is 1. The Labute approximate surface area is 259 Å². The molecule has 3 saturated carbocycles. The third-order valence-corrected chi connectivity index (χ3v) is 11.4. The molecule has 5 fully saturated rings. The first-order chi connectivity index (χ1) is 21.4. The van der Waals surface area contributed by atoms with Gasteiger partial charge < -0.3 is 20.9 Å². The Balaban J connectivity index is 0.938. The second kappa shape index (κ2) is 10.7. The van der Waals surface area contributed by atoms with Crippen molar-refractivity contribution in [2.24, 2.45) is 22.6 Å². The molecule has 5 aliphatic rings. The minimum Gasteiger partial charge on any atom is -0.381 e. The van der Waals surface area contributed by atoms with Gasteiger partial charge in [-0.15, -0.1) is 0 Å². The Kier molecular flexibility index (Phi) is 6.76. The number of hydrogen-bond acceptors (Lipinski definition) is 6. The van der Waals surface area contributed by atoms with E-state index in [4.69, 9.17) is 10.7 Å². The van der Waals surface area contributed by atoms with Gasteiger partial charge in [0, 0.05) is 24.8 Å². The fourth-order valence-corrected chi connectivity index (χ4v) is 8.75. The van der Waals surface area contributed by atoms with Crippen molar-refractivity contribution in [3.8, 4) is 22.4 Å². The molecule has 1 aromatic heterocycles. The van der Waals surface area contributed by atoms with Gasteiger partial charge in [-0.3, -0.25) is 14.7 Å². The van der Waals surface area contributed by atoms with Gasteiger partial charge >= 0.3 is 0 Å². The van der Waals surface area contributed by atoms with Crippen molar-refractivity contribution < 1.29 is 4.79 Å². The summed E-state index contributed by atoms with van der Waals surface area (Å²) in [5, 5.41) is 3.62. The average molecular weight is 590 g/mol. The number of piperidine rings is 2. The maximum atomic E-state index is 13.3. The number of benzene rings is 2. The summed E-state index contributed by atoms with van der Waals surface area (Å²) in [6.45, 7) is 4.40. The fraction of sp³-hybridized carbons (Fsp3) is 0.472. The number of likely N-dealkylation sites (tertiary alicyclic amines) is 2. The molecule has 2 saturated heterocycles. The number of aromatic nitrogens is 2. The van der Waals surface area contributed by atoms with Gasteiger partial charge in [0.15, 0.2) is 0 Å². The number of fused-ring (bicyclic) bond motifs is 4. The summed E-state index contributed by atoms with van der Waals surface area (Å²) in [4.78, 5) is 30.4. The topological polar surface area (TPSA) is 103 Å². The van der Waals surface area contributed by atoms with Crippen LogP contribution in [0.4, 0.5) is 0 Å². The fourth-order valence-electron chi connectivity index (χ4n) is 8.75. The second-order valence-corrected chi connectivity index (χ2v) is 13.9. The van der Waals surface area contributed by atoms with E-state index < -0.39 is 5.54 Å². The molecule has 3 heterocycles. The van der Waals surface area contributed by atoms with E-state index in [-0.39, 0.29) is 11.9 Å². The van der Waals surface area contributed by atoms with Gasteiger partial charge in [-0.1, -0.05) is 48.5 Å². The van der Waals surface area contributed by atoms with Crippen LogP contribution in [0.2, 0.25) is 0 Å². The Morgan fingerprint density at radius 1 is 1.02 bits per heavy atom. The van der Waals surface area contributed by atoms with Crippen molar-refractivity contribution in [3.05, 3.63) is 72.3 Å². The molecule has 4 N–H and O–H groups in total. The lowest BCUT2D eigenvalue weighted by Crippen LogP contribution is -2.55. The molecule has 4 bridgehead atoms. The lowest BCUT2D eigenvalue weighted by Gasteiger charge is -2.37. The van der Waals surface area contributed by atoms with Crippen LogP contribution in [0.25, 0.3) is 28.1 Å². The number of nitrogens with one attached hydrogen (secondary N) is 2. The van der Waals surface area contributed by atoms with Crippen molar-refractivity contribution >= 4 is 18.3 Å².